The Kier molecular flexibility index (Phi) is 8.68. The summed E-state index contributed by atoms with van der Waals surface area (Å²) in [5.74, 6) is -3.97. The van der Waals surface area contributed by atoms with Gasteiger partial charge in [0.1, 0.15) is 6.04 Å². The van der Waals surface area contributed by atoms with E-state index in [1.165, 1.54) is 0 Å². The molecule has 40 heavy (non-hydrogen) atoms. The van der Waals surface area contributed by atoms with Crippen molar-refractivity contribution in [2.75, 3.05) is 13.1 Å². The van der Waals surface area contributed by atoms with Crippen LogP contribution in [0.5, 0.6) is 0 Å². The monoisotopic (exact) mass is 548 g/mol. The predicted molar refractivity (Wildman–Crippen MR) is 148 cm³/mol. The molecule has 0 aromatic heterocycles. The Balaban J connectivity index is 1.60. The molecule has 0 saturated carbocycles. The zero-order valence-electron chi connectivity index (χ0n) is 23.0. The van der Waals surface area contributed by atoms with Crippen LogP contribution in [0.4, 0.5) is 0 Å². The van der Waals surface area contributed by atoms with Crippen LogP contribution in [0.25, 0.3) is 11.1 Å². The van der Waals surface area contributed by atoms with Gasteiger partial charge in [-0.1, -0.05) is 62.4 Å². The topological polar surface area (TPSA) is 154 Å². The standard InChI is InChI=1S/C30H36N4O6/c1-4-31-28(38)25(35)23(16-18-13-14-32-26(18)36)33-27(37)24(15-17(2)3)34-29(39)30(40)21-11-7-5-9-19(21)20-10-6-8-12-22(20)30/h5-12,17-18,23-24,40H,4,13-16H2,1-3H3,(H,31,38)(H,32,36)(H,33,37)(H,34,39)/t18-,23+,24+/m0/s1. The van der Waals surface area contributed by atoms with E-state index in [-0.39, 0.29) is 31.2 Å². The van der Waals surface area contributed by atoms with E-state index in [4.69, 9.17) is 0 Å². The average Bonchev–Trinajstić information content (AvgIpc) is 3.46. The minimum atomic E-state index is -2.03. The number of carbonyl (C=O) groups excluding carboxylic acids is 5. The van der Waals surface area contributed by atoms with E-state index in [0.29, 0.717) is 24.1 Å². The van der Waals surface area contributed by atoms with Gasteiger partial charge in [0.25, 0.3) is 11.8 Å². The largest absolute Gasteiger partial charge is 0.372 e. The molecule has 4 amide bonds. The number of rotatable bonds is 11. The number of amides is 4. The summed E-state index contributed by atoms with van der Waals surface area (Å²) in [4.78, 5) is 64.9. The number of fused-ring (bicyclic) bond motifs is 3. The highest BCUT2D eigenvalue weighted by Gasteiger charge is 2.48. The molecular weight excluding hydrogens is 512 g/mol. The third kappa shape index (κ3) is 5.62. The van der Waals surface area contributed by atoms with Crippen LogP contribution in [0.2, 0.25) is 0 Å². The molecule has 1 aliphatic carbocycles. The van der Waals surface area contributed by atoms with Crippen LogP contribution in [0, 0.1) is 11.8 Å². The molecule has 0 spiro atoms. The smallest absolute Gasteiger partial charge is 0.289 e. The van der Waals surface area contributed by atoms with Crippen molar-refractivity contribution in [3.63, 3.8) is 0 Å². The molecule has 1 fully saturated rings. The highest BCUT2D eigenvalue weighted by molar-refractivity contribution is 6.38. The lowest BCUT2D eigenvalue weighted by Gasteiger charge is -2.29. The van der Waals surface area contributed by atoms with Crippen LogP contribution in [-0.4, -0.2) is 59.7 Å². The van der Waals surface area contributed by atoms with E-state index in [9.17, 15) is 29.1 Å². The second kappa shape index (κ2) is 12.0. The van der Waals surface area contributed by atoms with Crippen molar-refractivity contribution in [1.82, 2.24) is 21.3 Å². The van der Waals surface area contributed by atoms with Crippen LogP contribution >= 0.6 is 0 Å². The van der Waals surface area contributed by atoms with E-state index in [0.717, 1.165) is 11.1 Å². The highest BCUT2D eigenvalue weighted by atomic mass is 16.3. The number of likely N-dealkylation sites (N-methyl/N-ethyl adjacent to an activating group) is 1. The van der Waals surface area contributed by atoms with Crippen LogP contribution in [0.3, 0.4) is 0 Å². The molecule has 3 atom stereocenters. The average molecular weight is 549 g/mol. The lowest BCUT2D eigenvalue weighted by Crippen LogP contribution is -2.57. The Morgan fingerprint density at radius 3 is 2.10 bits per heavy atom. The molecule has 1 aliphatic heterocycles. The normalized spacial score (nSPS) is 18.2. The second-order valence-corrected chi connectivity index (χ2v) is 10.8. The van der Waals surface area contributed by atoms with Crippen molar-refractivity contribution >= 4 is 29.4 Å². The number of carbonyl (C=O) groups is 5. The van der Waals surface area contributed by atoms with Crippen molar-refractivity contribution in [3.05, 3.63) is 59.7 Å². The first-order chi connectivity index (χ1) is 19.1. The SMILES string of the molecule is CCNC(=O)C(=O)[C@@H](C[C@@H]1CCNC1=O)NC(=O)[C@@H](CC(C)C)NC(=O)C1(O)c2ccccc2-c2ccccc21. The van der Waals surface area contributed by atoms with Gasteiger partial charge < -0.3 is 26.4 Å². The van der Waals surface area contributed by atoms with Gasteiger partial charge in [-0.25, -0.2) is 0 Å². The molecule has 2 aliphatic rings. The van der Waals surface area contributed by atoms with E-state index in [1.807, 2.05) is 38.1 Å². The number of nitrogens with one attached hydrogen (secondary N) is 4. The molecular formula is C30H36N4O6. The molecule has 0 unspecified atom stereocenters. The molecule has 0 radical (unpaired) electrons. The Morgan fingerprint density at radius 2 is 1.57 bits per heavy atom. The zero-order valence-corrected chi connectivity index (χ0v) is 23.0. The molecule has 10 heteroatoms. The molecule has 212 valence electrons. The maximum absolute atomic E-state index is 13.8. The lowest BCUT2D eigenvalue weighted by atomic mass is 9.89. The van der Waals surface area contributed by atoms with Crippen LogP contribution in [0.1, 0.15) is 51.2 Å². The van der Waals surface area contributed by atoms with Gasteiger partial charge in [-0.3, -0.25) is 24.0 Å². The van der Waals surface area contributed by atoms with Gasteiger partial charge in [-0.15, -0.1) is 0 Å². The van der Waals surface area contributed by atoms with Crippen LogP contribution in [0.15, 0.2) is 48.5 Å². The molecule has 2 aromatic rings. The number of hydrogen-bond donors (Lipinski definition) is 5. The molecule has 1 saturated heterocycles. The van der Waals surface area contributed by atoms with E-state index in [1.54, 1.807) is 31.2 Å². The summed E-state index contributed by atoms with van der Waals surface area (Å²) in [7, 11) is 0. The van der Waals surface area contributed by atoms with E-state index < -0.39 is 47.1 Å². The fourth-order valence-corrected chi connectivity index (χ4v) is 5.49. The van der Waals surface area contributed by atoms with Crippen molar-refractivity contribution in [2.24, 2.45) is 11.8 Å². The summed E-state index contributed by atoms with van der Waals surface area (Å²) in [6, 6.07) is 11.8. The number of Topliss-reactive ketones (excluding diaryl/α,β-unsaturated/α-hetero) is 1. The second-order valence-electron chi connectivity index (χ2n) is 10.8. The van der Waals surface area contributed by atoms with Gasteiger partial charge in [0.15, 0.2) is 5.60 Å². The van der Waals surface area contributed by atoms with Crippen LogP contribution in [-0.2, 0) is 29.6 Å². The summed E-state index contributed by atoms with van der Waals surface area (Å²) >= 11 is 0. The number of aliphatic hydroxyl groups is 1. The van der Waals surface area contributed by atoms with Crippen molar-refractivity contribution in [2.45, 2.75) is 57.7 Å². The first-order valence-electron chi connectivity index (χ1n) is 13.7. The molecule has 1 heterocycles. The number of benzene rings is 2. The molecule has 5 N–H and O–H groups in total. The minimum Gasteiger partial charge on any atom is -0.372 e. The summed E-state index contributed by atoms with van der Waals surface area (Å²) < 4.78 is 0. The van der Waals surface area contributed by atoms with Crippen molar-refractivity contribution in [1.29, 1.82) is 0 Å². The number of hydrogen-bond acceptors (Lipinski definition) is 6. The summed E-state index contributed by atoms with van der Waals surface area (Å²) in [6.07, 6.45) is 0.648. The quantitative estimate of drug-likeness (QED) is 0.266. The van der Waals surface area contributed by atoms with Gasteiger partial charge in [-0.05, 0) is 43.2 Å². The molecule has 2 aromatic carbocycles. The predicted octanol–water partition coefficient (Wildman–Crippen LogP) is 1.15. The van der Waals surface area contributed by atoms with E-state index in [2.05, 4.69) is 21.3 Å². The third-order valence-electron chi connectivity index (χ3n) is 7.46. The number of ketones is 1. The first-order valence-corrected chi connectivity index (χ1v) is 13.7. The first kappa shape index (κ1) is 28.9. The summed E-state index contributed by atoms with van der Waals surface area (Å²) in [6.45, 7) is 6.10. The molecule has 10 nitrogen and oxygen atoms in total. The Labute approximate surface area is 233 Å². The van der Waals surface area contributed by atoms with Gasteiger partial charge >= 0.3 is 0 Å². The minimum absolute atomic E-state index is 0.0352. The van der Waals surface area contributed by atoms with Crippen molar-refractivity contribution < 1.29 is 29.1 Å². The maximum Gasteiger partial charge on any atom is 0.289 e. The van der Waals surface area contributed by atoms with Gasteiger partial charge in [-0.2, -0.15) is 0 Å². The van der Waals surface area contributed by atoms with E-state index >= 15 is 0 Å². The fraction of sp³-hybridized carbons (Fsp3) is 0.433. The maximum atomic E-state index is 13.8. The van der Waals surface area contributed by atoms with Gasteiger partial charge in [0.05, 0.1) is 6.04 Å². The Hall–Kier alpha value is -4.05. The Bertz CT molecular complexity index is 1280. The fourth-order valence-electron chi connectivity index (χ4n) is 5.49. The zero-order chi connectivity index (χ0) is 29.0. The molecule has 0 bridgehead atoms. The van der Waals surface area contributed by atoms with Gasteiger partial charge in [0, 0.05) is 30.1 Å². The summed E-state index contributed by atoms with van der Waals surface area (Å²) in [5.41, 5.74) is 0.245. The third-order valence-corrected chi connectivity index (χ3v) is 7.46. The Morgan fingerprint density at radius 1 is 0.975 bits per heavy atom. The lowest BCUT2D eigenvalue weighted by molar-refractivity contribution is -0.142. The summed E-state index contributed by atoms with van der Waals surface area (Å²) in [5, 5.41) is 22.4. The van der Waals surface area contributed by atoms with Gasteiger partial charge in [0.2, 0.25) is 17.6 Å². The highest BCUT2D eigenvalue weighted by Crippen LogP contribution is 2.47. The molecule has 4 rings (SSSR count). The van der Waals surface area contributed by atoms with Crippen molar-refractivity contribution in [3.8, 4) is 11.1 Å². The van der Waals surface area contributed by atoms with Crippen LogP contribution < -0.4 is 21.3 Å².